The first-order valence-electron chi connectivity index (χ1n) is 13.0. The highest BCUT2D eigenvalue weighted by atomic mass is 35.5. The van der Waals surface area contributed by atoms with Crippen molar-refractivity contribution in [1.29, 1.82) is 0 Å². The number of halogens is 1. The van der Waals surface area contributed by atoms with Crippen molar-refractivity contribution in [2.45, 2.75) is 46.1 Å². The van der Waals surface area contributed by atoms with Gasteiger partial charge in [-0.05, 0) is 79.4 Å². The van der Waals surface area contributed by atoms with Crippen LogP contribution in [0.3, 0.4) is 0 Å². The minimum atomic E-state index is -0.678. The van der Waals surface area contributed by atoms with Crippen molar-refractivity contribution >= 4 is 28.9 Å². The van der Waals surface area contributed by atoms with Gasteiger partial charge in [0, 0.05) is 27.6 Å². The first-order chi connectivity index (χ1) is 18.3. The lowest BCUT2D eigenvalue weighted by Crippen LogP contribution is -2.45. The predicted octanol–water partition coefficient (Wildman–Crippen LogP) is 7.23. The summed E-state index contributed by atoms with van der Waals surface area (Å²) in [5.74, 6) is 0.829. The number of nitrogens with zero attached hydrogens (tertiary/aromatic N) is 3. The normalized spacial score (nSPS) is 15.7. The lowest BCUT2D eigenvalue weighted by atomic mass is 9.75. The molecule has 0 spiro atoms. The molecule has 1 aliphatic heterocycles. The van der Waals surface area contributed by atoms with Gasteiger partial charge in [0.2, 0.25) is 5.82 Å². The van der Waals surface area contributed by atoms with Crippen molar-refractivity contribution in [2.24, 2.45) is 11.3 Å². The highest BCUT2D eigenvalue weighted by Gasteiger charge is 2.41. The third-order valence-corrected chi connectivity index (χ3v) is 8.56. The Labute approximate surface area is 232 Å². The summed E-state index contributed by atoms with van der Waals surface area (Å²) in [5, 5.41) is 16.9. The van der Waals surface area contributed by atoms with Crippen LogP contribution in [0, 0.1) is 11.3 Å². The van der Waals surface area contributed by atoms with Crippen LogP contribution >= 0.6 is 22.9 Å². The Balaban J connectivity index is 1.20. The molecule has 1 fully saturated rings. The van der Waals surface area contributed by atoms with Gasteiger partial charge in [-0.1, -0.05) is 67.0 Å². The average Bonchev–Trinajstić information content (AvgIpc) is 3.59. The van der Waals surface area contributed by atoms with Gasteiger partial charge in [-0.2, -0.15) is 4.98 Å². The molecule has 2 aromatic heterocycles. The number of carboxylic acid groups (broad SMARTS) is 1. The third-order valence-electron chi connectivity index (χ3n) is 7.33. The molecule has 1 saturated heterocycles. The number of aliphatic carboxylic acids is 1. The first-order valence-corrected chi connectivity index (χ1v) is 14.3. The minimum absolute atomic E-state index is 0.444. The van der Waals surface area contributed by atoms with Gasteiger partial charge >= 0.3 is 5.97 Å². The topological polar surface area (TPSA) is 79.5 Å². The molecule has 4 aromatic rings. The number of carboxylic acids is 1. The summed E-state index contributed by atoms with van der Waals surface area (Å²) in [7, 11) is 0. The number of likely N-dealkylation sites (tertiary alicyclic amines) is 1. The molecule has 0 unspecified atom stereocenters. The molecule has 0 saturated carbocycles. The standard InChI is InChI=1S/C30H32ClN3O3S/c1-20(2)16-23-9-10-24(17-26(23)31)28-32-27(33-37-28)22-7-5-21(6-8-22)19-34-13-11-30(12-14-34,29(35)36)18-25-4-3-15-38-25/h3-10,15,17,20H,11-14,16,18-19H2,1-2H3,(H,35,36). The van der Waals surface area contributed by atoms with E-state index in [9.17, 15) is 9.90 Å². The van der Waals surface area contributed by atoms with Crippen molar-refractivity contribution in [1.82, 2.24) is 15.0 Å². The predicted molar refractivity (Wildman–Crippen MR) is 151 cm³/mol. The van der Waals surface area contributed by atoms with Gasteiger partial charge in [-0.15, -0.1) is 11.3 Å². The van der Waals surface area contributed by atoms with Gasteiger partial charge in [0.1, 0.15) is 0 Å². The number of carbonyl (C=O) groups is 1. The molecule has 1 N–H and O–H groups in total. The Morgan fingerprint density at radius 1 is 1.13 bits per heavy atom. The minimum Gasteiger partial charge on any atom is -0.481 e. The molecule has 3 heterocycles. The Bertz CT molecular complexity index is 1370. The van der Waals surface area contributed by atoms with E-state index in [1.165, 1.54) is 5.56 Å². The van der Waals surface area contributed by atoms with E-state index >= 15 is 0 Å². The Kier molecular flexibility index (Phi) is 7.98. The van der Waals surface area contributed by atoms with Gasteiger partial charge < -0.3 is 9.63 Å². The number of hydrogen-bond acceptors (Lipinski definition) is 6. The van der Waals surface area contributed by atoms with E-state index in [0.29, 0.717) is 41.9 Å². The fraction of sp³-hybridized carbons (Fsp3) is 0.367. The van der Waals surface area contributed by atoms with Crippen molar-refractivity contribution < 1.29 is 14.4 Å². The summed E-state index contributed by atoms with van der Waals surface area (Å²) >= 11 is 8.12. The monoisotopic (exact) mass is 549 g/mol. The van der Waals surface area contributed by atoms with Crippen molar-refractivity contribution in [3.8, 4) is 22.8 Å². The van der Waals surface area contributed by atoms with Crippen LogP contribution in [0.1, 0.15) is 42.7 Å². The van der Waals surface area contributed by atoms with Crippen LogP contribution in [-0.2, 0) is 24.2 Å². The van der Waals surface area contributed by atoms with Crippen LogP contribution < -0.4 is 0 Å². The van der Waals surface area contributed by atoms with E-state index in [-0.39, 0.29) is 0 Å². The van der Waals surface area contributed by atoms with Gasteiger partial charge in [0.25, 0.3) is 5.89 Å². The lowest BCUT2D eigenvalue weighted by molar-refractivity contribution is -0.152. The van der Waals surface area contributed by atoms with Crippen LogP contribution in [0.15, 0.2) is 64.5 Å². The summed E-state index contributed by atoms with van der Waals surface area (Å²) < 4.78 is 5.53. The summed E-state index contributed by atoms with van der Waals surface area (Å²) in [6.07, 6.45) is 2.86. The highest BCUT2D eigenvalue weighted by Crippen LogP contribution is 2.37. The Morgan fingerprint density at radius 2 is 1.87 bits per heavy atom. The second-order valence-electron chi connectivity index (χ2n) is 10.6. The summed E-state index contributed by atoms with van der Waals surface area (Å²) in [6.45, 7) is 6.67. The second-order valence-corrected chi connectivity index (χ2v) is 12.1. The zero-order valence-electron chi connectivity index (χ0n) is 21.7. The van der Waals surface area contributed by atoms with Crippen LogP contribution in [0.4, 0.5) is 0 Å². The number of hydrogen-bond donors (Lipinski definition) is 1. The lowest BCUT2D eigenvalue weighted by Gasteiger charge is -2.38. The maximum atomic E-state index is 12.2. The maximum Gasteiger partial charge on any atom is 0.310 e. The maximum absolute atomic E-state index is 12.2. The van der Waals surface area contributed by atoms with Crippen LogP contribution in [-0.4, -0.2) is 39.2 Å². The van der Waals surface area contributed by atoms with E-state index in [0.717, 1.165) is 47.6 Å². The molecule has 8 heteroatoms. The smallest absolute Gasteiger partial charge is 0.310 e. The number of aromatic nitrogens is 2. The second kappa shape index (κ2) is 11.4. The fourth-order valence-corrected chi connectivity index (χ4v) is 6.22. The fourth-order valence-electron chi connectivity index (χ4n) is 5.11. The molecule has 2 aromatic carbocycles. The van der Waals surface area contributed by atoms with Crippen LogP contribution in [0.25, 0.3) is 22.8 Å². The largest absolute Gasteiger partial charge is 0.481 e. The van der Waals surface area contributed by atoms with E-state index in [4.69, 9.17) is 16.1 Å². The SMILES string of the molecule is CC(C)Cc1ccc(-c2nc(-c3ccc(CN4CCC(Cc5cccs5)(C(=O)O)CC4)cc3)no2)cc1Cl. The van der Waals surface area contributed by atoms with E-state index in [1.807, 2.05) is 47.8 Å². The molecular formula is C30H32ClN3O3S. The van der Waals surface area contributed by atoms with E-state index in [2.05, 4.69) is 41.0 Å². The van der Waals surface area contributed by atoms with Gasteiger partial charge in [0.15, 0.2) is 0 Å². The molecule has 38 heavy (non-hydrogen) atoms. The molecule has 6 nitrogen and oxygen atoms in total. The zero-order valence-corrected chi connectivity index (χ0v) is 23.3. The number of rotatable bonds is 9. The van der Waals surface area contributed by atoms with Crippen molar-refractivity contribution in [3.63, 3.8) is 0 Å². The van der Waals surface area contributed by atoms with Crippen LogP contribution in [0.5, 0.6) is 0 Å². The molecule has 0 amide bonds. The molecule has 5 rings (SSSR count). The van der Waals surface area contributed by atoms with Gasteiger partial charge in [0.05, 0.1) is 5.41 Å². The van der Waals surface area contributed by atoms with Gasteiger partial charge in [-0.25, -0.2) is 0 Å². The molecule has 0 atom stereocenters. The molecule has 0 aliphatic carbocycles. The highest BCUT2D eigenvalue weighted by molar-refractivity contribution is 7.09. The number of piperidine rings is 1. The van der Waals surface area contributed by atoms with Crippen molar-refractivity contribution in [3.05, 3.63) is 81.0 Å². The first kappa shape index (κ1) is 26.6. The number of thiophene rings is 1. The van der Waals surface area contributed by atoms with Crippen molar-refractivity contribution in [2.75, 3.05) is 13.1 Å². The quantitative estimate of drug-likeness (QED) is 0.237. The van der Waals surface area contributed by atoms with Crippen LogP contribution in [0.2, 0.25) is 5.02 Å². The zero-order chi connectivity index (χ0) is 26.7. The Morgan fingerprint density at radius 3 is 2.50 bits per heavy atom. The molecule has 198 valence electrons. The molecule has 0 radical (unpaired) electrons. The van der Waals surface area contributed by atoms with Gasteiger partial charge in [-0.3, -0.25) is 9.69 Å². The molecule has 0 bridgehead atoms. The van der Waals surface area contributed by atoms with E-state index in [1.54, 1.807) is 11.3 Å². The summed E-state index contributed by atoms with van der Waals surface area (Å²) in [4.78, 5) is 20.2. The summed E-state index contributed by atoms with van der Waals surface area (Å²) in [6, 6.07) is 18.1. The average molecular weight is 550 g/mol. The number of benzene rings is 2. The van der Waals surface area contributed by atoms with E-state index < -0.39 is 11.4 Å². The molecule has 1 aliphatic rings. The summed E-state index contributed by atoms with van der Waals surface area (Å²) in [5.41, 5.74) is 3.31. The Hall–Kier alpha value is -3.00. The molecular weight excluding hydrogens is 518 g/mol. The third kappa shape index (κ3) is 6.01.